The molecule has 158 valence electrons. The monoisotopic (exact) mass is 401 g/mol. The average molecular weight is 402 g/mol. The summed E-state index contributed by atoms with van der Waals surface area (Å²) < 4.78 is 10.9. The van der Waals surface area contributed by atoms with Gasteiger partial charge in [-0.3, -0.25) is 0 Å². The fraction of sp³-hybridized carbons (Fsp3) is 0.478. The van der Waals surface area contributed by atoms with Crippen LogP contribution in [0.3, 0.4) is 0 Å². The number of hydrogen-bond donors (Lipinski definition) is 4. The second-order valence-electron chi connectivity index (χ2n) is 7.60. The average Bonchev–Trinajstić information content (AvgIpc) is 2.74. The van der Waals surface area contributed by atoms with Gasteiger partial charge in [-0.1, -0.05) is 36.4 Å². The quantitative estimate of drug-likeness (QED) is 0.516. The molecule has 2 aromatic carbocycles. The van der Waals surface area contributed by atoms with Crippen LogP contribution in [0.25, 0.3) is 0 Å². The van der Waals surface area contributed by atoms with Gasteiger partial charge in [0.1, 0.15) is 6.10 Å². The van der Waals surface area contributed by atoms with E-state index in [1.807, 2.05) is 30.3 Å². The smallest absolute Gasteiger partial charge is 0.160 e. The van der Waals surface area contributed by atoms with Crippen LogP contribution in [0.1, 0.15) is 30.4 Å². The van der Waals surface area contributed by atoms with Crippen molar-refractivity contribution < 1.29 is 24.8 Å². The summed E-state index contributed by atoms with van der Waals surface area (Å²) >= 11 is 0. The first-order valence-corrected chi connectivity index (χ1v) is 10.2. The first kappa shape index (κ1) is 21.6. The van der Waals surface area contributed by atoms with Gasteiger partial charge in [0.25, 0.3) is 0 Å². The minimum Gasteiger partial charge on any atom is -0.504 e. The van der Waals surface area contributed by atoms with Crippen molar-refractivity contribution in [1.82, 2.24) is 5.32 Å². The van der Waals surface area contributed by atoms with Crippen LogP contribution in [0, 0.1) is 0 Å². The van der Waals surface area contributed by atoms with E-state index in [-0.39, 0.29) is 17.9 Å². The normalized spacial score (nSPS) is 22.9. The summed E-state index contributed by atoms with van der Waals surface area (Å²) in [5, 5.41) is 33.6. The third kappa shape index (κ3) is 6.18. The van der Waals surface area contributed by atoms with Crippen molar-refractivity contribution in [3.8, 4) is 11.5 Å². The second kappa shape index (κ2) is 10.6. The van der Waals surface area contributed by atoms with Crippen molar-refractivity contribution in [2.45, 2.75) is 56.6 Å². The lowest BCUT2D eigenvalue weighted by molar-refractivity contribution is -0.139. The molecule has 1 saturated heterocycles. The molecule has 3 rings (SSSR count). The topological polar surface area (TPSA) is 91.2 Å². The summed E-state index contributed by atoms with van der Waals surface area (Å²) in [7, 11) is 1.54. The Kier molecular flexibility index (Phi) is 7.89. The highest BCUT2D eigenvalue weighted by Gasteiger charge is 2.33. The summed E-state index contributed by atoms with van der Waals surface area (Å²) in [4.78, 5) is 0. The van der Waals surface area contributed by atoms with E-state index in [9.17, 15) is 15.3 Å². The molecule has 0 aliphatic carbocycles. The van der Waals surface area contributed by atoms with E-state index in [0.717, 1.165) is 24.9 Å². The fourth-order valence-corrected chi connectivity index (χ4v) is 3.72. The number of phenolic OH excluding ortho intramolecular Hbond substituents is 1. The Morgan fingerprint density at radius 1 is 1.14 bits per heavy atom. The van der Waals surface area contributed by atoms with E-state index in [2.05, 4.69) is 17.4 Å². The van der Waals surface area contributed by atoms with Gasteiger partial charge in [-0.2, -0.15) is 0 Å². The van der Waals surface area contributed by atoms with E-state index in [4.69, 9.17) is 9.47 Å². The number of nitrogens with one attached hydrogen (secondary N) is 1. The van der Waals surface area contributed by atoms with Crippen molar-refractivity contribution >= 4 is 0 Å². The first-order valence-electron chi connectivity index (χ1n) is 10.2. The number of phenols is 1. The number of aliphatic hydroxyl groups is 2. The van der Waals surface area contributed by atoms with E-state index < -0.39 is 12.2 Å². The minimum atomic E-state index is -0.862. The van der Waals surface area contributed by atoms with Crippen molar-refractivity contribution in [2.75, 3.05) is 13.7 Å². The molecule has 0 amide bonds. The number of benzene rings is 2. The molecule has 0 radical (unpaired) electrons. The SMILES string of the molecule is COc1cc(CCC(CC2OCCC(O)[C@H]2O)NCc2ccccc2)ccc1O. The molecular weight excluding hydrogens is 370 g/mol. The third-order valence-electron chi connectivity index (χ3n) is 5.50. The standard InChI is InChI=1S/C23H31NO5/c1-28-21-13-16(8-10-19(21)25)7-9-18(24-15-17-5-3-2-4-6-17)14-22-23(27)20(26)11-12-29-22/h2-6,8,10,13,18,20,22-27H,7,9,11-12,14-15H2,1H3/t18?,20?,22?,23-/m1/s1. The lowest BCUT2D eigenvalue weighted by atomic mass is 9.93. The van der Waals surface area contributed by atoms with Crippen LogP contribution in [-0.4, -0.2) is 53.4 Å². The maximum Gasteiger partial charge on any atom is 0.160 e. The molecule has 4 N–H and O–H groups in total. The Labute approximate surface area is 172 Å². The number of aryl methyl sites for hydroxylation is 1. The number of methoxy groups -OCH3 is 1. The fourth-order valence-electron chi connectivity index (χ4n) is 3.72. The largest absolute Gasteiger partial charge is 0.504 e. The highest BCUT2D eigenvalue weighted by molar-refractivity contribution is 5.41. The van der Waals surface area contributed by atoms with Crippen molar-refractivity contribution in [2.24, 2.45) is 0 Å². The van der Waals surface area contributed by atoms with Gasteiger partial charge in [0.15, 0.2) is 11.5 Å². The van der Waals surface area contributed by atoms with Crippen LogP contribution in [0.2, 0.25) is 0 Å². The molecule has 1 aliphatic rings. The van der Waals surface area contributed by atoms with E-state index >= 15 is 0 Å². The Morgan fingerprint density at radius 2 is 1.93 bits per heavy atom. The molecule has 1 heterocycles. The van der Waals surface area contributed by atoms with E-state index in [1.165, 1.54) is 12.7 Å². The van der Waals surface area contributed by atoms with Crippen LogP contribution in [-0.2, 0) is 17.7 Å². The highest BCUT2D eigenvalue weighted by atomic mass is 16.5. The van der Waals surface area contributed by atoms with Gasteiger partial charge in [0.05, 0.1) is 19.3 Å². The maximum atomic E-state index is 10.3. The molecule has 29 heavy (non-hydrogen) atoms. The zero-order valence-electron chi connectivity index (χ0n) is 16.8. The van der Waals surface area contributed by atoms with Gasteiger partial charge in [-0.05, 0) is 48.9 Å². The van der Waals surface area contributed by atoms with Crippen LogP contribution >= 0.6 is 0 Å². The number of hydrogen-bond acceptors (Lipinski definition) is 6. The van der Waals surface area contributed by atoms with Crippen LogP contribution in [0.5, 0.6) is 11.5 Å². The molecule has 4 atom stereocenters. The molecule has 1 aliphatic heterocycles. The first-order chi connectivity index (χ1) is 14.1. The molecule has 1 fully saturated rings. The molecule has 3 unspecified atom stereocenters. The number of aromatic hydroxyl groups is 1. The number of aliphatic hydroxyl groups excluding tert-OH is 2. The number of rotatable bonds is 9. The summed E-state index contributed by atoms with van der Waals surface area (Å²) in [5.74, 6) is 0.591. The summed E-state index contributed by atoms with van der Waals surface area (Å²) in [6.45, 7) is 1.18. The van der Waals surface area contributed by atoms with E-state index in [0.29, 0.717) is 25.2 Å². The van der Waals surface area contributed by atoms with E-state index in [1.54, 1.807) is 6.07 Å². The van der Waals surface area contributed by atoms with Gasteiger partial charge in [0, 0.05) is 19.2 Å². The highest BCUT2D eigenvalue weighted by Crippen LogP contribution is 2.27. The summed E-state index contributed by atoms with van der Waals surface area (Å²) in [5.41, 5.74) is 2.25. The van der Waals surface area contributed by atoms with Gasteiger partial charge < -0.3 is 30.1 Å². The van der Waals surface area contributed by atoms with Crippen molar-refractivity contribution in [3.63, 3.8) is 0 Å². The number of ether oxygens (including phenoxy) is 2. The molecule has 6 nitrogen and oxygen atoms in total. The summed E-state index contributed by atoms with van der Waals surface area (Å²) in [6, 6.07) is 15.6. The van der Waals surface area contributed by atoms with Crippen LogP contribution in [0.15, 0.2) is 48.5 Å². The summed E-state index contributed by atoms with van der Waals surface area (Å²) in [6.07, 6.45) is 0.704. The molecule has 6 heteroatoms. The molecular formula is C23H31NO5. The second-order valence-corrected chi connectivity index (χ2v) is 7.60. The van der Waals surface area contributed by atoms with Crippen molar-refractivity contribution in [3.05, 3.63) is 59.7 Å². The van der Waals surface area contributed by atoms with Gasteiger partial charge in [0.2, 0.25) is 0 Å². The lowest BCUT2D eigenvalue weighted by Gasteiger charge is -2.34. The third-order valence-corrected chi connectivity index (χ3v) is 5.50. The Hall–Kier alpha value is -2.12. The Bertz CT molecular complexity index is 754. The zero-order valence-corrected chi connectivity index (χ0v) is 16.8. The molecule has 0 spiro atoms. The lowest BCUT2D eigenvalue weighted by Crippen LogP contribution is -2.47. The molecule has 0 bridgehead atoms. The van der Waals surface area contributed by atoms with Crippen LogP contribution in [0.4, 0.5) is 0 Å². The van der Waals surface area contributed by atoms with Gasteiger partial charge >= 0.3 is 0 Å². The minimum absolute atomic E-state index is 0.0972. The van der Waals surface area contributed by atoms with Gasteiger partial charge in [-0.15, -0.1) is 0 Å². The Balaban J connectivity index is 1.64. The maximum absolute atomic E-state index is 10.3. The molecule has 0 aromatic heterocycles. The van der Waals surface area contributed by atoms with Gasteiger partial charge in [-0.25, -0.2) is 0 Å². The molecule has 0 saturated carbocycles. The van der Waals surface area contributed by atoms with Crippen LogP contribution < -0.4 is 10.1 Å². The van der Waals surface area contributed by atoms with Crippen molar-refractivity contribution in [1.29, 1.82) is 0 Å². The predicted molar refractivity (Wildman–Crippen MR) is 111 cm³/mol. The predicted octanol–water partition coefficient (Wildman–Crippen LogP) is 2.39. The zero-order chi connectivity index (χ0) is 20.6. The molecule has 2 aromatic rings. The Morgan fingerprint density at radius 3 is 2.69 bits per heavy atom.